The predicted octanol–water partition coefficient (Wildman–Crippen LogP) is 7.21. The van der Waals surface area contributed by atoms with Gasteiger partial charge in [-0.2, -0.15) is 0 Å². The second kappa shape index (κ2) is 8.30. The molecule has 2 nitrogen and oxygen atoms in total. The minimum atomic E-state index is -0.269. The maximum Gasteiger partial charge on any atom is 0.142 e. The van der Waals surface area contributed by atoms with Gasteiger partial charge in [-0.1, -0.05) is 52.2 Å². The molecule has 4 aliphatic rings. The molecule has 2 heteroatoms. The van der Waals surface area contributed by atoms with E-state index in [1.165, 1.54) is 56.9 Å². The second-order valence-corrected chi connectivity index (χ2v) is 13.2. The first-order valence-corrected chi connectivity index (χ1v) is 13.4. The standard InChI is InChI=1S/C29H48O2/c1-19(2)8-7-9-20(18-30)22-11-12-23-21-10-13-25-27(3,4)26(31)15-17-29(25,6)24(21)14-16-28(22,23)5/h13,19-24,30H,7-12,14-18H2,1-6H3/t20-,21-,22+,23-,24-,28+,29+/m0/s1. The van der Waals surface area contributed by atoms with Gasteiger partial charge in [0.1, 0.15) is 5.78 Å². The van der Waals surface area contributed by atoms with Crippen LogP contribution < -0.4 is 0 Å². The first kappa shape index (κ1) is 23.5. The molecule has 0 saturated heterocycles. The smallest absolute Gasteiger partial charge is 0.142 e. The Morgan fingerprint density at radius 2 is 1.77 bits per heavy atom. The number of carbonyl (C=O) groups excluding carboxylic acids is 1. The van der Waals surface area contributed by atoms with Gasteiger partial charge in [-0.25, -0.2) is 0 Å². The van der Waals surface area contributed by atoms with Crippen LogP contribution in [-0.4, -0.2) is 17.5 Å². The Kier molecular flexibility index (Phi) is 6.30. The summed E-state index contributed by atoms with van der Waals surface area (Å²) in [5.74, 6) is 4.70. The number of rotatable bonds is 6. The fraction of sp³-hybridized carbons (Fsp3) is 0.897. The number of aliphatic hydroxyl groups is 1. The summed E-state index contributed by atoms with van der Waals surface area (Å²) in [4.78, 5) is 12.7. The van der Waals surface area contributed by atoms with Gasteiger partial charge in [0.25, 0.3) is 0 Å². The van der Waals surface area contributed by atoms with E-state index < -0.39 is 0 Å². The summed E-state index contributed by atoms with van der Waals surface area (Å²) in [7, 11) is 0. The van der Waals surface area contributed by atoms with E-state index in [2.05, 4.69) is 47.6 Å². The van der Waals surface area contributed by atoms with Crippen molar-refractivity contribution in [3.63, 3.8) is 0 Å². The lowest BCUT2D eigenvalue weighted by atomic mass is 9.44. The van der Waals surface area contributed by atoms with Gasteiger partial charge >= 0.3 is 0 Å². The number of hydrogen-bond donors (Lipinski definition) is 1. The van der Waals surface area contributed by atoms with E-state index in [1.54, 1.807) is 0 Å². The average Bonchev–Trinajstić information content (AvgIpc) is 3.05. The summed E-state index contributed by atoms with van der Waals surface area (Å²) in [6.45, 7) is 14.5. The Morgan fingerprint density at radius 1 is 1.03 bits per heavy atom. The van der Waals surface area contributed by atoms with E-state index in [4.69, 9.17) is 0 Å². The second-order valence-electron chi connectivity index (χ2n) is 13.2. The van der Waals surface area contributed by atoms with Crippen molar-refractivity contribution < 1.29 is 9.90 Å². The number of aliphatic hydroxyl groups excluding tert-OH is 1. The zero-order valence-corrected chi connectivity index (χ0v) is 21.2. The van der Waals surface area contributed by atoms with Crippen LogP contribution in [0.25, 0.3) is 0 Å². The quantitative estimate of drug-likeness (QED) is 0.454. The minimum Gasteiger partial charge on any atom is -0.396 e. The Bertz CT molecular complexity index is 718. The Labute approximate surface area is 191 Å². The van der Waals surface area contributed by atoms with E-state index in [9.17, 15) is 9.90 Å². The molecular formula is C29H48O2. The third-order valence-electron chi connectivity index (χ3n) is 10.9. The molecule has 4 rings (SSSR count). The molecular weight excluding hydrogens is 380 g/mol. The number of Topliss-reactive ketones (excluding diaryl/α,β-unsaturated/α-hetero) is 1. The molecule has 176 valence electrons. The van der Waals surface area contributed by atoms with Gasteiger partial charge in [0.15, 0.2) is 0 Å². The molecule has 0 heterocycles. The third-order valence-corrected chi connectivity index (χ3v) is 10.9. The first-order chi connectivity index (χ1) is 14.6. The fourth-order valence-corrected chi connectivity index (χ4v) is 9.24. The largest absolute Gasteiger partial charge is 0.396 e. The van der Waals surface area contributed by atoms with Gasteiger partial charge in [0.2, 0.25) is 0 Å². The molecule has 0 spiro atoms. The van der Waals surface area contributed by atoms with Crippen molar-refractivity contribution in [2.24, 2.45) is 51.8 Å². The summed E-state index contributed by atoms with van der Waals surface area (Å²) in [6.07, 6.45) is 14.6. The molecule has 0 amide bonds. The highest BCUT2D eigenvalue weighted by Gasteiger charge is 2.61. The highest BCUT2D eigenvalue weighted by molar-refractivity contribution is 5.89. The molecule has 0 aliphatic heterocycles. The maximum absolute atomic E-state index is 12.7. The van der Waals surface area contributed by atoms with E-state index in [1.807, 2.05) is 0 Å². The SMILES string of the molecule is CC(C)CCC[C@@H](CO)[C@H]1CC[C@H]2[C@@H]3CC=C4C(C)(C)C(=O)CC[C@]4(C)[C@H]3CC[C@]12C. The topological polar surface area (TPSA) is 37.3 Å². The van der Waals surface area contributed by atoms with Crippen LogP contribution in [0.2, 0.25) is 0 Å². The lowest BCUT2D eigenvalue weighted by Crippen LogP contribution is -2.53. The van der Waals surface area contributed by atoms with Crippen LogP contribution in [0.15, 0.2) is 11.6 Å². The van der Waals surface area contributed by atoms with Crippen molar-refractivity contribution in [2.75, 3.05) is 6.61 Å². The van der Waals surface area contributed by atoms with Gasteiger partial charge in [-0.3, -0.25) is 4.79 Å². The van der Waals surface area contributed by atoms with Gasteiger partial charge in [0, 0.05) is 18.4 Å². The van der Waals surface area contributed by atoms with Crippen LogP contribution in [-0.2, 0) is 4.79 Å². The van der Waals surface area contributed by atoms with Gasteiger partial charge < -0.3 is 5.11 Å². The molecule has 0 radical (unpaired) electrons. The van der Waals surface area contributed by atoms with Crippen LogP contribution in [0.3, 0.4) is 0 Å². The monoisotopic (exact) mass is 428 g/mol. The summed E-state index contributed by atoms with van der Waals surface area (Å²) in [5, 5.41) is 10.3. The number of fused-ring (bicyclic) bond motifs is 5. The van der Waals surface area contributed by atoms with Crippen molar-refractivity contribution in [1.82, 2.24) is 0 Å². The maximum atomic E-state index is 12.7. The van der Waals surface area contributed by atoms with E-state index in [-0.39, 0.29) is 10.8 Å². The highest BCUT2D eigenvalue weighted by atomic mass is 16.3. The van der Waals surface area contributed by atoms with Crippen LogP contribution >= 0.6 is 0 Å². The van der Waals surface area contributed by atoms with Gasteiger partial charge in [0.05, 0.1) is 0 Å². The number of allylic oxidation sites excluding steroid dienone is 2. The molecule has 0 aromatic carbocycles. The zero-order valence-electron chi connectivity index (χ0n) is 21.2. The Hall–Kier alpha value is -0.630. The lowest BCUT2D eigenvalue weighted by molar-refractivity contribution is -0.132. The predicted molar refractivity (Wildman–Crippen MR) is 129 cm³/mol. The van der Waals surface area contributed by atoms with Gasteiger partial charge in [-0.15, -0.1) is 0 Å². The molecule has 0 bridgehead atoms. The van der Waals surface area contributed by atoms with Crippen LogP contribution in [0.4, 0.5) is 0 Å². The molecule has 31 heavy (non-hydrogen) atoms. The van der Waals surface area contributed by atoms with Crippen LogP contribution in [0.1, 0.15) is 106 Å². The molecule has 7 atom stereocenters. The van der Waals surface area contributed by atoms with Crippen molar-refractivity contribution in [2.45, 2.75) is 106 Å². The number of hydrogen-bond acceptors (Lipinski definition) is 2. The van der Waals surface area contributed by atoms with Crippen molar-refractivity contribution in [3.05, 3.63) is 11.6 Å². The Balaban J connectivity index is 1.56. The van der Waals surface area contributed by atoms with E-state index >= 15 is 0 Å². The number of carbonyl (C=O) groups is 1. The molecule has 0 aromatic heterocycles. The molecule has 4 aliphatic carbocycles. The Morgan fingerprint density at radius 3 is 2.45 bits per heavy atom. The van der Waals surface area contributed by atoms with E-state index in [0.29, 0.717) is 29.6 Å². The van der Waals surface area contributed by atoms with E-state index in [0.717, 1.165) is 36.5 Å². The zero-order chi connectivity index (χ0) is 22.6. The molecule has 3 saturated carbocycles. The molecule has 0 aromatic rings. The van der Waals surface area contributed by atoms with Crippen molar-refractivity contribution in [1.29, 1.82) is 0 Å². The summed E-state index contributed by atoms with van der Waals surface area (Å²) >= 11 is 0. The molecule has 3 fully saturated rings. The minimum absolute atomic E-state index is 0.216. The van der Waals surface area contributed by atoms with Crippen molar-refractivity contribution in [3.8, 4) is 0 Å². The number of ketones is 1. The van der Waals surface area contributed by atoms with Crippen LogP contribution in [0, 0.1) is 51.8 Å². The van der Waals surface area contributed by atoms with Gasteiger partial charge in [-0.05, 0) is 105 Å². The fourth-order valence-electron chi connectivity index (χ4n) is 9.24. The molecule has 0 unspecified atom stereocenters. The summed E-state index contributed by atoms with van der Waals surface area (Å²) < 4.78 is 0. The van der Waals surface area contributed by atoms with Crippen molar-refractivity contribution >= 4 is 5.78 Å². The average molecular weight is 429 g/mol. The summed E-state index contributed by atoms with van der Waals surface area (Å²) in [5.41, 5.74) is 1.81. The summed E-state index contributed by atoms with van der Waals surface area (Å²) in [6, 6.07) is 0. The lowest BCUT2D eigenvalue weighted by Gasteiger charge is -2.60. The third kappa shape index (κ3) is 3.68. The molecule has 1 N–H and O–H groups in total. The highest BCUT2D eigenvalue weighted by Crippen LogP contribution is 2.68. The normalized spacial score (nSPS) is 42.6. The van der Waals surface area contributed by atoms with Crippen LogP contribution in [0.5, 0.6) is 0 Å². The first-order valence-electron chi connectivity index (χ1n) is 13.4.